The summed E-state index contributed by atoms with van der Waals surface area (Å²) in [5.41, 5.74) is 1.10. The number of nitro benzene ring substituents is 1. The summed E-state index contributed by atoms with van der Waals surface area (Å²) in [6, 6.07) is 4.87. The van der Waals surface area contributed by atoms with Gasteiger partial charge in [0, 0.05) is 24.6 Å². The predicted octanol–water partition coefficient (Wildman–Crippen LogP) is 1.82. The molecule has 8 heteroatoms. The number of carbonyl (C=O) groups is 1. The van der Waals surface area contributed by atoms with E-state index in [-0.39, 0.29) is 12.3 Å². The number of nitrogens with one attached hydrogen (secondary N) is 1. The number of ether oxygens (including phenoxy) is 3. The Morgan fingerprint density at radius 2 is 2.09 bits per heavy atom. The first-order chi connectivity index (χ1) is 10.7. The molecular formula is C14H16N2O6. The van der Waals surface area contributed by atoms with Crippen molar-refractivity contribution >= 4 is 23.1 Å². The topological polar surface area (TPSA) is 104 Å². The Kier molecular flexibility index (Phi) is 5.31. The first kappa shape index (κ1) is 15.8. The van der Waals surface area contributed by atoms with Gasteiger partial charge in [-0.2, -0.15) is 0 Å². The number of methoxy groups -OCH3 is 1. The maximum atomic E-state index is 11.2. The van der Waals surface area contributed by atoms with Gasteiger partial charge in [0.1, 0.15) is 17.9 Å². The van der Waals surface area contributed by atoms with Crippen LogP contribution in [0.1, 0.15) is 5.69 Å². The van der Waals surface area contributed by atoms with Crippen LogP contribution in [-0.4, -0.2) is 43.3 Å². The molecule has 0 aliphatic rings. The van der Waals surface area contributed by atoms with E-state index in [2.05, 4.69) is 9.72 Å². The lowest BCUT2D eigenvalue weighted by atomic mass is 10.2. The molecule has 2 aromatic rings. The summed E-state index contributed by atoms with van der Waals surface area (Å²) in [6.45, 7) is 1.28. The lowest BCUT2D eigenvalue weighted by Crippen LogP contribution is -2.04. The molecule has 1 heterocycles. The van der Waals surface area contributed by atoms with E-state index in [0.717, 1.165) is 5.69 Å². The fourth-order valence-corrected chi connectivity index (χ4v) is 2.08. The quantitative estimate of drug-likeness (QED) is 0.328. The highest BCUT2D eigenvalue weighted by Crippen LogP contribution is 2.31. The molecule has 0 amide bonds. The van der Waals surface area contributed by atoms with E-state index in [0.29, 0.717) is 42.8 Å². The van der Waals surface area contributed by atoms with Gasteiger partial charge in [0.05, 0.1) is 24.2 Å². The Morgan fingerprint density at radius 1 is 1.27 bits per heavy atom. The van der Waals surface area contributed by atoms with Crippen molar-refractivity contribution in [1.29, 1.82) is 0 Å². The van der Waals surface area contributed by atoms with Crippen LogP contribution in [-0.2, 0) is 20.7 Å². The number of non-ortho nitro benzene ring substituents is 1. The highest BCUT2D eigenvalue weighted by atomic mass is 16.6. The summed E-state index contributed by atoms with van der Waals surface area (Å²) >= 11 is 0. The van der Waals surface area contributed by atoms with Gasteiger partial charge in [0.2, 0.25) is 0 Å². The van der Waals surface area contributed by atoms with Crippen LogP contribution in [0, 0.1) is 10.1 Å². The van der Waals surface area contributed by atoms with Crippen LogP contribution in [0.2, 0.25) is 0 Å². The van der Waals surface area contributed by atoms with Gasteiger partial charge >= 0.3 is 0 Å². The maximum absolute atomic E-state index is 11.2. The third-order valence-corrected chi connectivity index (χ3v) is 3.05. The van der Waals surface area contributed by atoms with Crippen molar-refractivity contribution in [1.82, 2.24) is 4.98 Å². The average molecular weight is 308 g/mol. The second kappa shape index (κ2) is 7.41. The van der Waals surface area contributed by atoms with Crippen LogP contribution >= 0.6 is 0 Å². The third kappa shape index (κ3) is 3.73. The first-order valence-electron chi connectivity index (χ1n) is 6.62. The molecule has 1 aromatic carbocycles. The van der Waals surface area contributed by atoms with Crippen molar-refractivity contribution in [3.05, 3.63) is 34.0 Å². The normalized spacial score (nSPS) is 10.6. The zero-order chi connectivity index (χ0) is 15.9. The molecule has 0 bridgehead atoms. The second-order valence-electron chi connectivity index (χ2n) is 4.52. The summed E-state index contributed by atoms with van der Waals surface area (Å²) in [7, 11) is 1.55. The molecule has 0 aliphatic carbocycles. The van der Waals surface area contributed by atoms with Gasteiger partial charge in [-0.3, -0.25) is 14.9 Å². The average Bonchev–Trinajstić information content (AvgIpc) is 2.89. The molecule has 0 aliphatic heterocycles. The Labute approximate surface area is 126 Å². The van der Waals surface area contributed by atoms with Crippen molar-refractivity contribution in [3.63, 3.8) is 0 Å². The van der Waals surface area contributed by atoms with Crippen molar-refractivity contribution < 1.29 is 23.9 Å². The Balaban J connectivity index is 2.29. The minimum atomic E-state index is -0.465. The van der Waals surface area contributed by atoms with Crippen LogP contribution < -0.4 is 4.74 Å². The minimum absolute atomic E-state index is 0.0625. The van der Waals surface area contributed by atoms with Gasteiger partial charge in [-0.05, 0) is 12.1 Å². The smallest absolute Gasteiger partial charge is 0.296 e. The van der Waals surface area contributed by atoms with Gasteiger partial charge in [0.15, 0.2) is 0 Å². The molecule has 1 N–H and O–H groups in total. The first-order valence-corrected chi connectivity index (χ1v) is 6.62. The van der Waals surface area contributed by atoms with E-state index in [9.17, 15) is 14.9 Å². The van der Waals surface area contributed by atoms with Gasteiger partial charge in [0.25, 0.3) is 12.2 Å². The molecule has 2 rings (SSSR count). The van der Waals surface area contributed by atoms with Gasteiger partial charge in [-0.15, -0.1) is 0 Å². The van der Waals surface area contributed by atoms with Crippen molar-refractivity contribution in [2.24, 2.45) is 0 Å². The van der Waals surface area contributed by atoms with Crippen LogP contribution in [0.5, 0.6) is 5.75 Å². The molecule has 22 heavy (non-hydrogen) atoms. The zero-order valence-electron chi connectivity index (χ0n) is 12.0. The molecule has 0 radical (unpaired) electrons. The zero-order valence-corrected chi connectivity index (χ0v) is 12.0. The number of hydrogen-bond donors (Lipinski definition) is 1. The standard InChI is InChI=1S/C14H16N2O6/c1-20-4-5-22-12-7-10-6-11(2-3-21-9-17)15-14(10)13(8-12)16(18)19/h6-9,15H,2-5H2,1H3. The second-order valence-corrected chi connectivity index (χ2v) is 4.52. The third-order valence-electron chi connectivity index (χ3n) is 3.05. The number of aromatic amines is 1. The predicted molar refractivity (Wildman–Crippen MR) is 78.0 cm³/mol. The largest absolute Gasteiger partial charge is 0.491 e. The van der Waals surface area contributed by atoms with E-state index in [4.69, 9.17) is 9.47 Å². The highest BCUT2D eigenvalue weighted by molar-refractivity contribution is 5.90. The Hall–Kier alpha value is -2.61. The maximum Gasteiger partial charge on any atom is 0.296 e. The van der Waals surface area contributed by atoms with Crippen LogP contribution in [0.3, 0.4) is 0 Å². The molecule has 0 saturated carbocycles. The number of carbonyl (C=O) groups excluding carboxylic acids is 1. The number of rotatable bonds is 9. The summed E-state index contributed by atoms with van der Waals surface area (Å²) in [5.74, 6) is 0.408. The lowest BCUT2D eigenvalue weighted by molar-refractivity contribution is -0.383. The number of H-pyrrole nitrogens is 1. The number of aromatic nitrogens is 1. The molecule has 118 valence electrons. The monoisotopic (exact) mass is 308 g/mol. The molecule has 0 unspecified atom stereocenters. The molecular weight excluding hydrogens is 292 g/mol. The molecule has 1 aromatic heterocycles. The highest BCUT2D eigenvalue weighted by Gasteiger charge is 2.17. The number of hydrogen-bond acceptors (Lipinski definition) is 6. The Morgan fingerprint density at radius 3 is 2.77 bits per heavy atom. The van der Waals surface area contributed by atoms with E-state index in [1.165, 1.54) is 6.07 Å². The Bertz CT molecular complexity index is 667. The fraction of sp³-hybridized carbons (Fsp3) is 0.357. The minimum Gasteiger partial charge on any atom is -0.491 e. The number of fused-ring (bicyclic) bond motifs is 1. The molecule has 0 fully saturated rings. The summed E-state index contributed by atoms with van der Waals surface area (Å²) in [4.78, 5) is 23.8. The van der Waals surface area contributed by atoms with Gasteiger partial charge < -0.3 is 19.2 Å². The summed E-state index contributed by atoms with van der Waals surface area (Å²) in [5, 5.41) is 11.9. The number of nitrogens with zero attached hydrogens (tertiary/aromatic N) is 1. The van der Waals surface area contributed by atoms with Crippen LogP contribution in [0.4, 0.5) is 5.69 Å². The van der Waals surface area contributed by atoms with E-state index < -0.39 is 4.92 Å². The number of benzene rings is 1. The number of nitro groups is 1. The molecule has 0 atom stereocenters. The van der Waals surface area contributed by atoms with E-state index >= 15 is 0 Å². The SMILES string of the molecule is COCCOc1cc([N+](=O)[O-])c2[nH]c(CCOC=O)cc2c1. The lowest BCUT2D eigenvalue weighted by Gasteiger charge is -2.05. The fourth-order valence-electron chi connectivity index (χ4n) is 2.08. The van der Waals surface area contributed by atoms with Gasteiger partial charge in [-0.25, -0.2) is 0 Å². The van der Waals surface area contributed by atoms with Crippen LogP contribution in [0.15, 0.2) is 18.2 Å². The van der Waals surface area contributed by atoms with Crippen molar-refractivity contribution in [2.45, 2.75) is 6.42 Å². The van der Waals surface area contributed by atoms with E-state index in [1.807, 2.05) is 0 Å². The van der Waals surface area contributed by atoms with E-state index in [1.54, 1.807) is 19.2 Å². The van der Waals surface area contributed by atoms with Gasteiger partial charge in [-0.1, -0.05) is 0 Å². The van der Waals surface area contributed by atoms with Crippen LogP contribution in [0.25, 0.3) is 10.9 Å². The molecule has 0 saturated heterocycles. The van der Waals surface area contributed by atoms with Crippen molar-refractivity contribution in [3.8, 4) is 5.75 Å². The summed E-state index contributed by atoms with van der Waals surface area (Å²) < 4.78 is 14.9. The van der Waals surface area contributed by atoms with Crippen molar-refractivity contribution in [2.75, 3.05) is 26.9 Å². The summed E-state index contributed by atoms with van der Waals surface area (Å²) in [6.07, 6.45) is 0.449. The molecule has 0 spiro atoms. The molecule has 8 nitrogen and oxygen atoms in total.